The first-order chi connectivity index (χ1) is 16.7. The van der Waals surface area contributed by atoms with Crippen LogP contribution in [0.15, 0.2) is 84.9 Å². The van der Waals surface area contributed by atoms with Gasteiger partial charge in [-0.25, -0.2) is 0 Å². The van der Waals surface area contributed by atoms with Crippen LogP contribution in [0.4, 0.5) is 0 Å². The molecule has 0 aliphatic carbocycles. The van der Waals surface area contributed by atoms with Crippen molar-refractivity contribution in [2.75, 3.05) is 13.2 Å². The van der Waals surface area contributed by atoms with E-state index in [0.29, 0.717) is 13.2 Å². The van der Waals surface area contributed by atoms with E-state index < -0.39 is 5.97 Å². The summed E-state index contributed by atoms with van der Waals surface area (Å²) in [4.78, 5) is 11.4. The van der Waals surface area contributed by atoms with Gasteiger partial charge < -0.3 is 19.1 Å². The number of aliphatic carboxylic acids is 1. The van der Waals surface area contributed by atoms with Crippen molar-refractivity contribution in [2.24, 2.45) is 0 Å². The summed E-state index contributed by atoms with van der Waals surface area (Å²) < 4.78 is 13.8. The molecule has 0 amide bonds. The molecule has 1 N–H and O–H groups in total. The first kappa shape index (κ1) is 21.8. The molecule has 0 saturated heterocycles. The highest BCUT2D eigenvalue weighted by Gasteiger charge is 2.13. The van der Waals surface area contributed by atoms with Gasteiger partial charge in [-0.05, 0) is 48.9 Å². The number of hydrogen-bond donors (Lipinski definition) is 1. The van der Waals surface area contributed by atoms with Crippen molar-refractivity contribution in [3.05, 3.63) is 84.9 Å². The molecule has 5 rings (SSSR count). The summed E-state index contributed by atoms with van der Waals surface area (Å²) in [5.41, 5.74) is 1.80. The molecule has 1 heterocycles. The van der Waals surface area contributed by atoms with Crippen LogP contribution in [-0.4, -0.2) is 28.9 Å². The molecule has 0 saturated carbocycles. The first-order valence-electron chi connectivity index (χ1n) is 11.7. The molecular formula is C29H27NO4. The van der Waals surface area contributed by atoms with Crippen LogP contribution in [0.25, 0.3) is 32.6 Å². The van der Waals surface area contributed by atoms with Gasteiger partial charge in [0.25, 0.3) is 0 Å². The highest BCUT2D eigenvalue weighted by molar-refractivity contribution is 6.08. The predicted octanol–water partition coefficient (Wildman–Crippen LogP) is 6.66. The minimum absolute atomic E-state index is 0.0792. The lowest BCUT2D eigenvalue weighted by Gasteiger charge is -2.10. The molecule has 0 bridgehead atoms. The number of carbonyl (C=O) groups is 1. The van der Waals surface area contributed by atoms with Gasteiger partial charge in [-0.15, -0.1) is 0 Å². The van der Waals surface area contributed by atoms with Crippen LogP contribution in [-0.2, 0) is 11.3 Å². The Morgan fingerprint density at radius 3 is 2.26 bits per heavy atom. The van der Waals surface area contributed by atoms with E-state index >= 15 is 0 Å². The predicted molar refractivity (Wildman–Crippen MR) is 136 cm³/mol. The Morgan fingerprint density at radius 2 is 1.41 bits per heavy atom. The number of nitrogens with zero attached hydrogens (tertiary/aromatic N) is 1. The van der Waals surface area contributed by atoms with Crippen LogP contribution in [0.3, 0.4) is 0 Å². The maximum atomic E-state index is 11.4. The number of rotatable bonds is 10. The van der Waals surface area contributed by atoms with E-state index in [0.717, 1.165) is 58.0 Å². The van der Waals surface area contributed by atoms with Crippen LogP contribution in [0.5, 0.6) is 11.5 Å². The van der Waals surface area contributed by atoms with Crippen LogP contribution in [0, 0.1) is 0 Å². The van der Waals surface area contributed by atoms with E-state index in [1.54, 1.807) is 0 Å². The summed E-state index contributed by atoms with van der Waals surface area (Å²) in [7, 11) is 0. The Balaban J connectivity index is 1.16. The zero-order chi connectivity index (χ0) is 23.3. The summed E-state index contributed by atoms with van der Waals surface area (Å²) in [6.07, 6.45) is 2.89. The number of unbranched alkanes of at least 4 members (excludes halogenated alkanes) is 2. The van der Waals surface area contributed by atoms with Gasteiger partial charge in [0.15, 0.2) is 0 Å². The molecule has 0 aliphatic rings. The quantitative estimate of drug-likeness (QED) is 0.240. The fourth-order valence-corrected chi connectivity index (χ4v) is 4.50. The Morgan fingerprint density at radius 1 is 0.706 bits per heavy atom. The normalized spacial score (nSPS) is 11.3. The minimum atomic E-state index is -0.861. The molecule has 0 radical (unpaired) electrons. The van der Waals surface area contributed by atoms with Crippen LogP contribution >= 0.6 is 0 Å². The van der Waals surface area contributed by atoms with Crippen LogP contribution in [0.2, 0.25) is 0 Å². The lowest BCUT2D eigenvalue weighted by molar-refractivity contribution is -0.137. The maximum Gasteiger partial charge on any atom is 0.323 e. The number of fused-ring (bicyclic) bond motifs is 4. The standard InChI is InChI=1S/C29H27NO4/c31-29(32)20-30-26-13-5-4-12-24(26)25-16-15-22(19-27(25)30)33-17-6-1-7-18-34-28-14-8-10-21-9-2-3-11-23(21)28/h2-5,8-16,19H,1,6-7,17-18,20H2,(H,31,32). The molecule has 5 heteroatoms. The molecule has 34 heavy (non-hydrogen) atoms. The van der Waals surface area contributed by atoms with E-state index in [-0.39, 0.29) is 6.54 Å². The maximum absolute atomic E-state index is 11.4. The summed E-state index contributed by atoms with van der Waals surface area (Å²) in [6.45, 7) is 1.21. The zero-order valence-corrected chi connectivity index (χ0v) is 18.9. The number of para-hydroxylation sites is 1. The van der Waals surface area contributed by atoms with Gasteiger partial charge in [0.2, 0.25) is 0 Å². The zero-order valence-electron chi connectivity index (χ0n) is 18.9. The molecule has 172 valence electrons. The fraction of sp³-hybridized carbons (Fsp3) is 0.207. The van der Waals surface area contributed by atoms with Crippen molar-refractivity contribution >= 4 is 38.5 Å². The van der Waals surface area contributed by atoms with Crippen molar-refractivity contribution in [3.8, 4) is 11.5 Å². The number of ether oxygens (including phenoxy) is 2. The van der Waals surface area contributed by atoms with Crippen molar-refractivity contribution in [2.45, 2.75) is 25.8 Å². The van der Waals surface area contributed by atoms with Gasteiger partial charge in [0.05, 0.1) is 18.7 Å². The highest BCUT2D eigenvalue weighted by Crippen LogP contribution is 2.31. The average Bonchev–Trinajstić information content (AvgIpc) is 3.16. The van der Waals surface area contributed by atoms with Gasteiger partial charge in [0, 0.05) is 27.7 Å². The number of carboxylic acid groups (broad SMARTS) is 1. The summed E-state index contributed by atoms with van der Waals surface area (Å²) >= 11 is 0. The minimum Gasteiger partial charge on any atom is -0.494 e. The Bertz CT molecular complexity index is 1450. The van der Waals surface area contributed by atoms with Gasteiger partial charge in [-0.2, -0.15) is 0 Å². The number of carboxylic acids is 1. The van der Waals surface area contributed by atoms with Crippen molar-refractivity contribution < 1.29 is 19.4 Å². The molecule has 0 aliphatic heterocycles. The second kappa shape index (κ2) is 9.87. The van der Waals surface area contributed by atoms with E-state index in [1.165, 1.54) is 5.39 Å². The Kier molecular flexibility index (Phi) is 6.34. The van der Waals surface area contributed by atoms with Crippen LogP contribution in [0.1, 0.15) is 19.3 Å². The largest absolute Gasteiger partial charge is 0.494 e. The molecular weight excluding hydrogens is 426 g/mol. The molecule has 5 nitrogen and oxygen atoms in total. The smallest absolute Gasteiger partial charge is 0.323 e. The molecule has 5 aromatic rings. The Hall–Kier alpha value is -3.99. The van der Waals surface area contributed by atoms with Gasteiger partial charge in [0.1, 0.15) is 18.0 Å². The number of benzene rings is 4. The van der Waals surface area contributed by atoms with E-state index in [2.05, 4.69) is 18.2 Å². The highest BCUT2D eigenvalue weighted by atomic mass is 16.5. The third-order valence-corrected chi connectivity index (χ3v) is 6.10. The molecule has 1 aromatic heterocycles. The summed E-state index contributed by atoms with van der Waals surface area (Å²) in [5, 5.41) is 13.8. The lowest BCUT2D eigenvalue weighted by Crippen LogP contribution is -2.08. The fourth-order valence-electron chi connectivity index (χ4n) is 4.50. The van der Waals surface area contributed by atoms with E-state index in [4.69, 9.17) is 9.47 Å². The third-order valence-electron chi connectivity index (χ3n) is 6.10. The SMILES string of the molecule is O=C(O)Cn1c2ccccc2c2ccc(OCCCCCOc3cccc4ccccc34)cc21. The second-order valence-electron chi connectivity index (χ2n) is 8.41. The monoisotopic (exact) mass is 453 g/mol. The van der Waals surface area contributed by atoms with Gasteiger partial charge in [-0.3, -0.25) is 4.79 Å². The summed E-state index contributed by atoms with van der Waals surface area (Å²) in [5.74, 6) is 0.827. The van der Waals surface area contributed by atoms with Gasteiger partial charge in [-0.1, -0.05) is 54.6 Å². The van der Waals surface area contributed by atoms with E-state index in [1.807, 2.05) is 71.3 Å². The van der Waals surface area contributed by atoms with Crippen molar-refractivity contribution in [1.29, 1.82) is 0 Å². The van der Waals surface area contributed by atoms with Gasteiger partial charge >= 0.3 is 5.97 Å². The molecule has 0 fully saturated rings. The molecule has 4 aromatic carbocycles. The summed E-state index contributed by atoms with van der Waals surface area (Å²) in [6, 6.07) is 28.2. The topological polar surface area (TPSA) is 60.7 Å². The van der Waals surface area contributed by atoms with E-state index in [9.17, 15) is 9.90 Å². The van der Waals surface area contributed by atoms with Crippen molar-refractivity contribution in [1.82, 2.24) is 4.57 Å². The second-order valence-corrected chi connectivity index (χ2v) is 8.41. The lowest BCUT2D eigenvalue weighted by atomic mass is 10.1. The first-order valence-corrected chi connectivity index (χ1v) is 11.7. The number of aromatic nitrogens is 1. The molecule has 0 unspecified atom stereocenters. The van der Waals surface area contributed by atoms with Crippen LogP contribution < -0.4 is 9.47 Å². The number of hydrogen-bond acceptors (Lipinski definition) is 3. The Labute approximate surface area is 198 Å². The molecule has 0 atom stereocenters. The van der Waals surface area contributed by atoms with Crippen molar-refractivity contribution in [3.63, 3.8) is 0 Å². The average molecular weight is 454 g/mol. The molecule has 0 spiro atoms. The third kappa shape index (κ3) is 4.55.